The van der Waals surface area contributed by atoms with Gasteiger partial charge in [-0.25, -0.2) is 0 Å². The average molecular weight is 160 g/mol. The van der Waals surface area contributed by atoms with Crippen LogP contribution >= 0.6 is 0 Å². The molecule has 3 nitrogen and oxygen atoms in total. The molecule has 0 aromatic carbocycles. The van der Waals surface area contributed by atoms with Crippen LogP contribution in [0, 0.1) is 0 Å². The normalized spacial score (nSPS) is 23.5. The van der Waals surface area contributed by atoms with Crippen LogP contribution in [0.5, 0.6) is 0 Å². The summed E-state index contributed by atoms with van der Waals surface area (Å²) in [4.78, 5) is 0. The maximum atomic E-state index is 9.09. The highest BCUT2D eigenvalue weighted by molar-refractivity contribution is 4.82. The molecule has 1 saturated heterocycles. The van der Waals surface area contributed by atoms with Gasteiger partial charge in [-0.2, -0.15) is 0 Å². The van der Waals surface area contributed by atoms with Crippen LogP contribution in [0.1, 0.15) is 19.8 Å². The third-order valence-corrected chi connectivity index (χ3v) is 2.14. The first-order valence-corrected chi connectivity index (χ1v) is 4.15. The monoisotopic (exact) mass is 160 g/mol. The van der Waals surface area contributed by atoms with Gasteiger partial charge in [0, 0.05) is 32.7 Å². The molecule has 1 rings (SSSR count). The standard InChI is InChI=1S/C8H16O3/c1-2-11-8(7-9)3-5-10-6-4-8/h9H,2-7H2,1H3. The van der Waals surface area contributed by atoms with Crippen molar-refractivity contribution in [3.05, 3.63) is 0 Å². The molecule has 66 valence electrons. The molecular formula is C8H16O3. The van der Waals surface area contributed by atoms with Gasteiger partial charge in [0.15, 0.2) is 0 Å². The molecule has 0 bridgehead atoms. The molecule has 0 saturated carbocycles. The maximum absolute atomic E-state index is 9.09. The van der Waals surface area contributed by atoms with E-state index in [1.54, 1.807) is 0 Å². The molecule has 11 heavy (non-hydrogen) atoms. The van der Waals surface area contributed by atoms with E-state index in [2.05, 4.69) is 0 Å². The summed E-state index contributed by atoms with van der Waals surface area (Å²) in [6, 6.07) is 0. The predicted molar refractivity (Wildman–Crippen MR) is 41.5 cm³/mol. The summed E-state index contributed by atoms with van der Waals surface area (Å²) in [6.45, 7) is 4.15. The lowest BCUT2D eigenvalue weighted by molar-refractivity contribution is -0.130. The van der Waals surface area contributed by atoms with Gasteiger partial charge in [-0.1, -0.05) is 0 Å². The van der Waals surface area contributed by atoms with Crippen molar-refractivity contribution in [1.82, 2.24) is 0 Å². The van der Waals surface area contributed by atoms with Gasteiger partial charge in [0.1, 0.15) is 0 Å². The van der Waals surface area contributed by atoms with E-state index in [-0.39, 0.29) is 12.2 Å². The first-order chi connectivity index (χ1) is 5.33. The lowest BCUT2D eigenvalue weighted by Crippen LogP contribution is -2.42. The number of rotatable bonds is 3. The first-order valence-electron chi connectivity index (χ1n) is 4.15. The Morgan fingerprint density at radius 2 is 2.09 bits per heavy atom. The highest BCUT2D eigenvalue weighted by Gasteiger charge is 2.32. The second kappa shape index (κ2) is 4.04. The minimum atomic E-state index is -0.299. The number of hydrogen-bond acceptors (Lipinski definition) is 3. The summed E-state index contributed by atoms with van der Waals surface area (Å²) < 4.78 is 10.7. The van der Waals surface area contributed by atoms with E-state index in [1.807, 2.05) is 6.92 Å². The third-order valence-electron chi connectivity index (χ3n) is 2.14. The molecule has 0 aromatic rings. The zero-order valence-electron chi connectivity index (χ0n) is 7.01. The lowest BCUT2D eigenvalue weighted by Gasteiger charge is -2.34. The zero-order valence-corrected chi connectivity index (χ0v) is 7.01. The molecule has 0 atom stereocenters. The van der Waals surface area contributed by atoms with Gasteiger partial charge < -0.3 is 14.6 Å². The summed E-state index contributed by atoms with van der Waals surface area (Å²) in [5.41, 5.74) is -0.299. The van der Waals surface area contributed by atoms with Crippen molar-refractivity contribution in [1.29, 1.82) is 0 Å². The molecule has 0 radical (unpaired) electrons. The molecule has 0 aromatic heterocycles. The number of hydrogen-bond donors (Lipinski definition) is 1. The summed E-state index contributed by atoms with van der Waals surface area (Å²) >= 11 is 0. The van der Waals surface area contributed by atoms with E-state index < -0.39 is 0 Å². The van der Waals surface area contributed by atoms with E-state index in [4.69, 9.17) is 14.6 Å². The van der Waals surface area contributed by atoms with Gasteiger partial charge in [0.05, 0.1) is 12.2 Å². The van der Waals surface area contributed by atoms with Crippen molar-refractivity contribution < 1.29 is 14.6 Å². The fraction of sp³-hybridized carbons (Fsp3) is 1.00. The number of aliphatic hydroxyl groups is 1. The SMILES string of the molecule is CCOC1(CO)CCOCC1. The Labute approximate surface area is 67.3 Å². The van der Waals surface area contributed by atoms with E-state index in [0.29, 0.717) is 19.8 Å². The number of ether oxygens (including phenoxy) is 2. The van der Waals surface area contributed by atoms with Gasteiger partial charge in [-0.15, -0.1) is 0 Å². The van der Waals surface area contributed by atoms with Crippen LogP contribution in [-0.2, 0) is 9.47 Å². The Hall–Kier alpha value is -0.120. The van der Waals surface area contributed by atoms with Crippen LogP contribution < -0.4 is 0 Å². The van der Waals surface area contributed by atoms with Crippen molar-refractivity contribution in [2.45, 2.75) is 25.4 Å². The van der Waals surface area contributed by atoms with E-state index >= 15 is 0 Å². The molecule has 0 spiro atoms. The van der Waals surface area contributed by atoms with Crippen LogP contribution in [0.3, 0.4) is 0 Å². The minimum Gasteiger partial charge on any atom is -0.393 e. The van der Waals surface area contributed by atoms with E-state index in [9.17, 15) is 0 Å². The number of aliphatic hydroxyl groups excluding tert-OH is 1. The fourth-order valence-corrected chi connectivity index (χ4v) is 1.40. The largest absolute Gasteiger partial charge is 0.393 e. The van der Waals surface area contributed by atoms with Crippen molar-refractivity contribution in [3.8, 4) is 0 Å². The van der Waals surface area contributed by atoms with Gasteiger partial charge >= 0.3 is 0 Å². The molecule has 1 aliphatic rings. The van der Waals surface area contributed by atoms with E-state index in [0.717, 1.165) is 12.8 Å². The van der Waals surface area contributed by atoms with E-state index in [1.165, 1.54) is 0 Å². The molecule has 1 fully saturated rings. The predicted octanol–water partition coefficient (Wildman–Crippen LogP) is 0.564. The van der Waals surface area contributed by atoms with Crippen LogP contribution in [0.4, 0.5) is 0 Å². The summed E-state index contributed by atoms with van der Waals surface area (Å²) in [5, 5.41) is 9.09. The highest BCUT2D eigenvalue weighted by Crippen LogP contribution is 2.24. The fourth-order valence-electron chi connectivity index (χ4n) is 1.40. The van der Waals surface area contributed by atoms with Crippen LogP contribution in [0.15, 0.2) is 0 Å². The molecule has 1 heterocycles. The smallest absolute Gasteiger partial charge is 0.0955 e. The Kier molecular flexibility index (Phi) is 3.30. The summed E-state index contributed by atoms with van der Waals surface area (Å²) in [5.74, 6) is 0. The van der Waals surface area contributed by atoms with Crippen molar-refractivity contribution in [2.24, 2.45) is 0 Å². The molecule has 0 unspecified atom stereocenters. The van der Waals surface area contributed by atoms with Crippen molar-refractivity contribution in [2.75, 3.05) is 26.4 Å². The Bertz CT molecular complexity index is 102. The zero-order chi connectivity index (χ0) is 8.16. The maximum Gasteiger partial charge on any atom is 0.0955 e. The van der Waals surface area contributed by atoms with Gasteiger partial charge in [-0.3, -0.25) is 0 Å². The van der Waals surface area contributed by atoms with Crippen LogP contribution in [0.2, 0.25) is 0 Å². The molecule has 0 aliphatic carbocycles. The second-order valence-electron chi connectivity index (χ2n) is 2.89. The van der Waals surface area contributed by atoms with Gasteiger partial charge in [0.2, 0.25) is 0 Å². The molecule has 0 amide bonds. The summed E-state index contributed by atoms with van der Waals surface area (Å²) in [6.07, 6.45) is 1.63. The quantitative estimate of drug-likeness (QED) is 0.655. The second-order valence-corrected chi connectivity index (χ2v) is 2.89. The Morgan fingerprint density at radius 1 is 1.45 bits per heavy atom. The lowest BCUT2D eigenvalue weighted by atomic mass is 9.95. The topological polar surface area (TPSA) is 38.7 Å². The van der Waals surface area contributed by atoms with Gasteiger partial charge in [-0.05, 0) is 6.92 Å². The highest BCUT2D eigenvalue weighted by atomic mass is 16.5. The minimum absolute atomic E-state index is 0.115. The van der Waals surface area contributed by atoms with Crippen LogP contribution in [0.25, 0.3) is 0 Å². The molecule has 1 N–H and O–H groups in total. The molecule has 1 aliphatic heterocycles. The Morgan fingerprint density at radius 3 is 2.55 bits per heavy atom. The van der Waals surface area contributed by atoms with Crippen molar-refractivity contribution >= 4 is 0 Å². The third kappa shape index (κ3) is 2.15. The molecule has 3 heteroatoms. The van der Waals surface area contributed by atoms with Crippen LogP contribution in [-0.4, -0.2) is 37.1 Å². The average Bonchev–Trinajstić information content (AvgIpc) is 2.07. The van der Waals surface area contributed by atoms with Crippen molar-refractivity contribution in [3.63, 3.8) is 0 Å². The molecular weight excluding hydrogens is 144 g/mol. The summed E-state index contributed by atoms with van der Waals surface area (Å²) in [7, 11) is 0. The Balaban J connectivity index is 2.42. The van der Waals surface area contributed by atoms with Gasteiger partial charge in [0.25, 0.3) is 0 Å². The first kappa shape index (κ1) is 8.97.